The Bertz CT molecular complexity index is 781. The van der Waals surface area contributed by atoms with Gasteiger partial charge in [0.05, 0.1) is 18.4 Å². The topological polar surface area (TPSA) is 80.9 Å². The highest BCUT2D eigenvalue weighted by Crippen LogP contribution is 2.24. The molecule has 0 aliphatic carbocycles. The number of hydrogen-bond donors (Lipinski definition) is 1. The summed E-state index contributed by atoms with van der Waals surface area (Å²) in [7, 11) is 0. The molecule has 0 fully saturated rings. The number of nitrogens with two attached hydrogens (primary N) is 1. The number of aromatic nitrogens is 2. The van der Waals surface area contributed by atoms with Crippen LogP contribution in [-0.2, 0) is 6.54 Å². The SMILES string of the molecule is C=C(/C=C\C=NCCC)Cn1ncc(N=Nc2ccc(C)cc2)c1N. The second-order valence-corrected chi connectivity index (χ2v) is 5.68. The van der Waals surface area contributed by atoms with Crippen molar-refractivity contribution in [2.45, 2.75) is 26.8 Å². The first-order valence-corrected chi connectivity index (χ1v) is 8.24. The number of allylic oxidation sites excluding steroid dienone is 3. The van der Waals surface area contributed by atoms with Crippen molar-refractivity contribution in [1.82, 2.24) is 9.78 Å². The third kappa shape index (κ3) is 5.84. The Balaban J connectivity index is 1.98. The minimum absolute atomic E-state index is 0.463. The zero-order valence-corrected chi connectivity index (χ0v) is 14.8. The molecule has 0 atom stereocenters. The number of hydrogen-bond acceptors (Lipinski definition) is 5. The van der Waals surface area contributed by atoms with Crippen LogP contribution in [0.15, 0.2) is 70.0 Å². The highest BCUT2D eigenvalue weighted by molar-refractivity contribution is 5.71. The van der Waals surface area contributed by atoms with E-state index in [0.717, 1.165) is 24.2 Å². The Labute approximate surface area is 148 Å². The van der Waals surface area contributed by atoms with Crippen molar-refractivity contribution in [3.05, 3.63) is 60.3 Å². The molecule has 6 heteroatoms. The molecule has 2 N–H and O–H groups in total. The van der Waals surface area contributed by atoms with E-state index in [1.807, 2.05) is 43.3 Å². The first-order valence-electron chi connectivity index (χ1n) is 8.24. The van der Waals surface area contributed by atoms with Gasteiger partial charge in [0.1, 0.15) is 11.5 Å². The largest absolute Gasteiger partial charge is 0.382 e. The second kappa shape index (κ2) is 9.32. The molecular weight excluding hydrogens is 312 g/mol. The van der Waals surface area contributed by atoms with E-state index in [4.69, 9.17) is 5.73 Å². The molecule has 6 nitrogen and oxygen atoms in total. The normalized spacial score (nSPS) is 11.9. The van der Waals surface area contributed by atoms with Crippen molar-refractivity contribution in [3.8, 4) is 0 Å². The molecule has 0 aliphatic heterocycles. The Morgan fingerprint density at radius 3 is 2.76 bits per heavy atom. The lowest BCUT2D eigenvalue weighted by molar-refractivity contribution is 0.698. The molecule has 130 valence electrons. The molecule has 0 amide bonds. The average Bonchev–Trinajstić information content (AvgIpc) is 2.94. The van der Waals surface area contributed by atoms with Gasteiger partial charge in [-0.3, -0.25) is 4.99 Å². The Hall–Kier alpha value is -3.02. The number of azo groups is 1. The summed E-state index contributed by atoms with van der Waals surface area (Å²) < 4.78 is 1.65. The van der Waals surface area contributed by atoms with Gasteiger partial charge in [-0.1, -0.05) is 37.3 Å². The molecule has 2 rings (SSSR count). The number of anilines is 1. The molecule has 0 aliphatic rings. The molecule has 0 saturated carbocycles. The minimum atomic E-state index is 0.463. The van der Waals surface area contributed by atoms with E-state index in [9.17, 15) is 0 Å². The third-order valence-electron chi connectivity index (χ3n) is 3.40. The molecule has 0 saturated heterocycles. The number of rotatable bonds is 8. The van der Waals surface area contributed by atoms with Gasteiger partial charge in [0.25, 0.3) is 0 Å². The predicted molar refractivity (Wildman–Crippen MR) is 104 cm³/mol. The molecule has 1 aromatic carbocycles. The Morgan fingerprint density at radius 1 is 1.28 bits per heavy atom. The second-order valence-electron chi connectivity index (χ2n) is 5.68. The number of nitrogen functional groups attached to an aromatic ring is 1. The van der Waals surface area contributed by atoms with Crippen LogP contribution in [0.2, 0.25) is 0 Å². The van der Waals surface area contributed by atoms with E-state index in [1.165, 1.54) is 5.56 Å². The van der Waals surface area contributed by atoms with Crippen molar-refractivity contribution >= 4 is 23.4 Å². The fourth-order valence-corrected chi connectivity index (χ4v) is 2.00. The standard InChI is InChI=1S/C19H24N6/c1-4-11-21-12-5-6-16(3)14-25-19(20)18(13-22-25)24-23-17-9-7-15(2)8-10-17/h5-10,12-13H,3-4,11,14,20H2,1-2H3/b6-5-,21-12?,24-23?. The monoisotopic (exact) mass is 336 g/mol. The first-order chi connectivity index (χ1) is 12.1. The summed E-state index contributed by atoms with van der Waals surface area (Å²) in [4.78, 5) is 4.22. The number of aryl methyl sites for hydroxylation is 1. The van der Waals surface area contributed by atoms with E-state index in [-0.39, 0.29) is 0 Å². The van der Waals surface area contributed by atoms with E-state index in [0.29, 0.717) is 18.1 Å². The Morgan fingerprint density at radius 2 is 2.04 bits per heavy atom. The quantitative estimate of drug-likeness (QED) is 0.427. The lowest BCUT2D eigenvalue weighted by Crippen LogP contribution is -2.05. The van der Waals surface area contributed by atoms with E-state index < -0.39 is 0 Å². The first kappa shape index (κ1) is 18.3. The van der Waals surface area contributed by atoms with Crippen LogP contribution in [0.5, 0.6) is 0 Å². The smallest absolute Gasteiger partial charge is 0.150 e. The van der Waals surface area contributed by atoms with Crippen molar-refractivity contribution in [2.24, 2.45) is 15.2 Å². The lowest BCUT2D eigenvalue weighted by Gasteiger charge is -2.03. The minimum Gasteiger partial charge on any atom is -0.382 e. The van der Waals surface area contributed by atoms with E-state index in [1.54, 1.807) is 17.1 Å². The van der Waals surface area contributed by atoms with Gasteiger partial charge in [-0.05, 0) is 37.1 Å². The summed E-state index contributed by atoms with van der Waals surface area (Å²) in [6.07, 6.45) is 8.19. The van der Waals surface area contributed by atoms with Gasteiger partial charge < -0.3 is 5.73 Å². The van der Waals surface area contributed by atoms with Crippen LogP contribution in [0.1, 0.15) is 18.9 Å². The number of benzene rings is 1. The molecule has 0 unspecified atom stereocenters. The van der Waals surface area contributed by atoms with Crippen molar-refractivity contribution in [1.29, 1.82) is 0 Å². The fraction of sp³-hybridized carbons (Fsp3) is 0.263. The highest BCUT2D eigenvalue weighted by Gasteiger charge is 2.07. The number of aliphatic imine (C=N–C) groups is 1. The van der Waals surface area contributed by atoms with E-state index in [2.05, 4.69) is 33.8 Å². The van der Waals surface area contributed by atoms with Gasteiger partial charge in [0.2, 0.25) is 0 Å². The molecule has 0 bridgehead atoms. The van der Waals surface area contributed by atoms with Crippen LogP contribution in [0.25, 0.3) is 0 Å². The zero-order chi connectivity index (χ0) is 18.1. The fourth-order valence-electron chi connectivity index (χ4n) is 2.00. The van der Waals surface area contributed by atoms with Gasteiger partial charge in [-0.25, -0.2) is 4.68 Å². The van der Waals surface area contributed by atoms with Crippen LogP contribution in [0.4, 0.5) is 17.2 Å². The summed E-state index contributed by atoms with van der Waals surface area (Å²) in [5.41, 5.74) is 9.46. The number of nitrogens with zero attached hydrogens (tertiary/aromatic N) is 5. The van der Waals surface area contributed by atoms with Gasteiger partial charge in [-0.15, -0.1) is 5.11 Å². The van der Waals surface area contributed by atoms with Gasteiger partial charge in [-0.2, -0.15) is 10.2 Å². The molecule has 1 heterocycles. The average molecular weight is 336 g/mol. The summed E-state index contributed by atoms with van der Waals surface area (Å²) >= 11 is 0. The van der Waals surface area contributed by atoms with Gasteiger partial charge >= 0.3 is 0 Å². The van der Waals surface area contributed by atoms with Crippen LogP contribution >= 0.6 is 0 Å². The predicted octanol–water partition coefficient (Wildman–Crippen LogP) is 4.78. The molecule has 1 aromatic heterocycles. The summed E-state index contributed by atoms with van der Waals surface area (Å²) in [6.45, 7) is 9.44. The van der Waals surface area contributed by atoms with Crippen LogP contribution in [0, 0.1) is 6.92 Å². The summed E-state index contributed by atoms with van der Waals surface area (Å²) in [5.74, 6) is 0.463. The molecule has 0 radical (unpaired) electrons. The van der Waals surface area contributed by atoms with Gasteiger partial charge in [0.15, 0.2) is 0 Å². The maximum absolute atomic E-state index is 6.09. The Kier molecular flexibility index (Phi) is 6.83. The summed E-state index contributed by atoms with van der Waals surface area (Å²) in [6, 6.07) is 7.79. The van der Waals surface area contributed by atoms with Crippen LogP contribution in [-0.4, -0.2) is 22.5 Å². The third-order valence-corrected chi connectivity index (χ3v) is 3.40. The zero-order valence-electron chi connectivity index (χ0n) is 14.8. The highest BCUT2D eigenvalue weighted by atomic mass is 15.3. The maximum Gasteiger partial charge on any atom is 0.150 e. The molecular formula is C19H24N6. The maximum atomic E-state index is 6.09. The summed E-state index contributed by atoms with van der Waals surface area (Å²) in [5, 5.41) is 12.6. The lowest BCUT2D eigenvalue weighted by atomic mass is 10.2. The van der Waals surface area contributed by atoms with Crippen LogP contribution in [0.3, 0.4) is 0 Å². The van der Waals surface area contributed by atoms with Crippen molar-refractivity contribution < 1.29 is 0 Å². The van der Waals surface area contributed by atoms with Crippen molar-refractivity contribution in [3.63, 3.8) is 0 Å². The molecule has 25 heavy (non-hydrogen) atoms. The molecule has 0 spiro atoms. The van der Waals surface area contributed by atoms with Crippen molar-refractivity contribution in [2.75, 3.05) is 12.3 Å². The van der Waals surface area contributed by atoms with Gasteiger partial charge in [0, 0.05) is 12.8 Å². The molecule has 2 aromatic rings. The van der Waals surface area contributed by atoms with Crippen LogP contribution < -0.4 is 5.73 Å². The van der Waals surface area contributed by atoms with E-state index >= 15 is 0 Å².